The van der Waals surface area contributed by atoms with E-state index in [0.717, 1.165) is 25.9 Å². The van der Waals surface area contributed by atoms with Crippen LogP contribution in [0.5, 0.6) is 0 Å². The van der Waals surface area contributed by atoms with Crippen LogP contribution in [0.3, 0.4) is 0 Å². The van der Waals surface area contributed by atoms with Crippen molar-refractivity contribution in [3.63, 3.8) is 0 Å². The van der Waals surface area contributed by atoms with E-state index in [1.54, 1.807) is 0 Å². The van der Waals surface area contributed by atoms with Crippen LogP contribution < -0.4 is 5.32 Å². The minimum Gasteiger partial charge on any atom is -0.464 e. The van der Waals surface area contributed by atoms with Gasteiger partial charge in [0.1, 0.15) is 6.61 Å². The molecular weight excluding hydrogens is 310 g/mol. The van der Waals surface area contributed by atoms with Crippen molar-refractivity contribution in [1.29, 1.82) is 0 Å². The van der Waals surface area contributed by atoms with Crippen LogP contribution in [0.1, 0.15) is 104 Å². The average molecular weight is 354 g/mol. The quantitative estimate of drug-likeness (QED) is 0.171. The Morgan fingerprint density at radius 2 is 1.36 bits per heavy atom. The summed E-state index contributed by atoms with van der Waals surface area (Å²) in [6.07, 6.45) is 21.9. The molecule has 0 spiro atoms. The predicted octanol–water partition coefficient (Wildman–Crippen LogP) is 6.18. The van der Waals surface area contributed by atoms with Crippen LogP contribution in [0.4, 0.5) is 0 Å². The Balaban J connectivity index is 3.17. The number of carbonyl (C=O) groups excluding carboxylic acids is 1. The first kappa shape index (κ1) is 24.2. The van der Waals surface area contributed by atoms with Crippen LogP contribution >= 0.6 is 0 Å². The molecule has 3 nitrogen and oxygen atoms in total. The Labute approximate surface area is 157 Å². The Morgan fingerprint density at radius 3 is 1.96 bits per heavy atom. The molecule has 0 unspecified atom stereocenters. The van der Waals surface area contributed by atoms with Crippen molar-refractivity contribution in [2.75, 3.05) is 19.7 Å². The number of rotatable bonds is 19. The first-order valence-electron chi connectivity index (χ1n) is 10.8. The third kappa shape index (κ3) is 21.1. The van der Waals surface area contributed by atoms with Gasteiger partial charge in [0, 0.05) is 13.0 Å². The summed E-state index contributed by atoms with van der Waals surface area (Å²) in [6.45, 7) is 6.50. The molecule has 0 amide bonds. The van der Waals surface area contributed by atoms with E-state index in [1.165, 1.54) is 70.6 Å². The molecule has 0 heterocycles. The zero-order chi connectivity index (χ0) is 18.4. The summed E-state index contributed by atoms with van der Waals surface area (Å²) in [7, 11) is 0. The maximum absolute atomic E-state index is 11.5. The third-order valence-corrected chi connectivity index (χ3v) is 4.43. The van der Waals surface area contributed by atoms with Crippen molar-refractivity contribution in [1.82, 2.24) is 5.32 Å². The van der Waals surface area contributed by atoms with E-state index in [4.69, 9.17) is 4.74 Å². The van der Waals surface area contributed by atoms with Gasteiger partial charge in [-0.2, -0.15) is 0 Å². The fourth-order valence-corrected chi connectivity index (χ4v) is 2.83. The number of nitrogens with one attached hydrogen (secondary N) is 1. The summed E-state index contributed by atoms with van der Waals surface area (Å²) in [5.41, 5.74) is 0. The topological polar surface area (TPSA) is 38.3 Å². The Hall–Kier alpha value is -0.830. The van der Waals surface area contributed by atoms with Crippen LogP contribution in [-0.2, 0) is 9.53 Å². The van der Waals surface area contributed by atoms with Gasteiger partial charge in [-0.3, -0.25) is 4.79 Å². The van der Waals surface area contributed by atoms with Gasteiger partial charge in [0.15, 0.2) is 0 Å². The first-order valence-corrected chi connectivity index (χ1v) is 10.8. The molecule has 0 saturated heterocycles. The fraction of sp³-hybridized carbons (Fsp3) is 0.864. The lowest BCUT2D eigenvalue weighted by Gasteiger charge is -2.05. The van der Waals surface area contributed by atoms with Gasteiger partial charge >= 0.3 is 5.97 Å². The lowest BCUT2D eigenvalue weighted by atomic mass is 10.1. The fourth-order valence-electron chi connectivity index (χ4n) is 2.83. The maximum Gasteiger partial charge on any atom is 0.305 e. The number of hydrogen-bond acceptors (Lipinski definition) is 3. The van der Waals surface area contributed by atoms with E-state index in [1.807, 2.05) is 6.92 Å². The van der Waals surface area contributed by atoms with E-state index < -0.39 is 0 Å². The number of unbranched alkanes of at least 4 members (excludes halogenated alkanes) is 11. The number of allylic oxidation sites excluding steroid dienone is 2. The number of hydrogen-bond donors (Lipinski definition) is 1. The zero-order valence-electron chi connectivity index (χ0n) is 17.0. The van der Waals surface area contributed by atoms with Crippen molar-refractivity contribution in [3.05, 3.63) is 12.2 Å². The SMILES string of the molecule is CCCCCCCC/C=C\CCCCCCCC(=O)OCCNCC. The molecule has 0 aliphatic heterocycles. The summed E-state index contributed by atoms with van der Waals surface area (Å²) in [5, 5.41) is 3.14. The van der Waals surface area contributed by atoms with E-state index in [9.17, 15) is 4.79 Å². The molecule has 0 fully saturated rings. The molecule has 0 atom stereocenters. The Morgan fingerprint density at radius 1 is 0.800 bits per heavy atom. The highest BCUT2D eigenvalue weighted by Crippen LogP contribution is 2.10. The number of carbonyl (C=O) groups is 1. The number of esters is 1. The molecular formula is C22H43NO2. The number of ether oxygens (including phenoxy) is 1. The highest BCUT2D eigenvalue weighted by Gasteiger charge is 2.01. The second-order valence-electron chi connectivity index (χ2n) is 6.91. The van der Waals surface area contributed by atoms with Crippen LogP contribution in [0.15, 0.2) is 12.2 Å². The second kappa shape index (κ2) is 21.2. The van der Waals surface area contributed by atoms with Crippen molar-refractivity contribution >= 4 is 5.97 Å². The molecule has 0 aromatic carbocycles. The van der Waals surface area contributed by atoms with E-state index in [0.29, 0.717) is 13.0 Å². The molecule has 0 rings (SSSR count). The first-order chi connectivity index (χ1) is 12.3. The van der Waals surface area contributed by atoms with Gasteiger partial charge in [-0.1, -0.05) is 77.4 Å². The lowest BCUT2D eigenvalue weighted by Crippen LogP contribution is -2.20. The molecule has 0 saturated carbocycles. The third-order valence-electron chi connectivity index (χ3n) is 4.43. The molecule has 25 heavy (non-hydrogen) atoms. The maximum atomic E-state index is 11.5. The van der Waals surface area contributed by atoms with Crippen molar-refractivity contribution in [2.24, 2.45) is 0 Å². The molecule has 0 aliphatic carbocycles. The van der Waals surface area contributed by atoms with Crippen molar-refractivity contribution in [3.8, 4) is 0 Å². The van der Waals surface area contributed by atoms with Crippen LogP contribution in [0.25, 0.3) is 0 Å². The average Bonchev–Trinajstić information content (AvgIpc) is 2.62. The lowest BCUT2D eigenvalue weighted by molar-refractivity contribution is -0.143. The van der Waals surface area contributed by atoms with Gasteiger partial charge in [-0.15, -0.1) is 0 Å². The van der Waals surface area contributed by atoms with Crippen LogP contribution in [-0.4, -0.2) is 25.7 Å². The highest BCUT2D eigenvalue weighted by atomic mass is 16.5. The molecule has 148 valence electrons. The monoisotopic (exact) mass is 353 g/mol. The normalized spacial score (nSPS) is 11.3. The molecule has 0 radical (unpaired) electrons. The van der Waals surface area contributed by atoms with Crippen molar-refractivity contribution in [2.45, 2.75) is 104 Å². The van der Waals surface area contributed by atoms with Gasteiger partial charge in [0.25, 0.3) is 0 Å². The minimum absolute atomic E-state index is 0.0458. The molecule has 0 bridgehead atoms. The van der Waals surface area contributed by atoms with Gasteiger partial charge in [-0.05, 0) is 38.6 Å². The molecule has 0 aromatic heterocycles. The Bertz CT molecular complexity index is 302. The van der Waals surface area contributed by atoms with Gasteiger partial charge in [0.05, 0.1) is 0 Å². The van der Waals surface area contributed by atoms with E-state index >= 15 is 0 Å². The van der Waals surface area contributed by atoms with Crippen molar-refractivity contribution < 1.29 is 9.53 Å². The zero-order valence-corrected chi connectivity index (χ0v) is 17.0. The summed E-state index contributed by atoms with van der Waals surface area (Å²) in [5.74, 6) is -0.0458. The number of likely N-dealkylation sites (N-methyl/N-ethyl adjacent to an activating group) is 1. The summed E-state index contributed by atoms with van der Waals surface area (Å²) < 4.78 is 5.15. The molecule has 1 N–H and O–H groups in total. The molecule has 0 aliphatic rings. The highest BCUT2D eigenvalue weighted by molar-refractivity contribution is 5.69. The van der Waals surface area contributed by atoms with Crippen LogP contribution in [0.2, 0.25) is 0 Å². The van der Waals surface area contributed by atoms with Gasteiger partial charge in [0.2, 0.25) is 0 Å². The summed E-state index contributed by atoms with van der Waals surface area (Å²) in [6, 6.07) is 0. The summed E-state index contributed by atoms with van der Waals surface area (Å²) >= 11 is 0. The molecule has 3 heteroatoms. The largest absolute Gasteiger partial charge is 0.464 e. The standard InChI is InChI=1S/C22H43NO2/c1-3-5-6-7-8-9-10-11-12-13-14-15-16-17-18-19-22(24)25-21-20-23-4-2/h11-12,23H,3-10,13-21H2,1-2H3/b12-11-. The van der Waals surface area contributed by atoms with Gasteiger partial charge in [-0.25, -0.2) is 0 Å². The predicted molar refractivity (Wildman–Crippen MR) is 109 cm³/mol. The molecule has 0 aromatic rings. The summed E-state index contributed by atoms with van der Waals surface area (Å²) in [4.78, 5) is 11.5. The van der Waals surface area contributed by atoms with E-state index in [2.05, 4.69) is 24.4 Å². The van der Waals surface area contributed by atoms with E-state index in [-0.39, 0.29) is 5.97 Å². The Kier molecular flexibility index (Phi) is 20.5. The smallest absolute Gasteiger partial charge is 0.305 e. The van der Waals surface area contributed by atoms with Gasteiger partial charge < -0.3 is 10.1 Å². The minimum atomic E-state index is -0.0458. The second-order valence-corrected chi connectivity index (χ2v) is 6.91. The van der Waals surface area contributed by atoms with Crippen LogP contribution in [0, 0.1) is 0 Å².